The van der Waals surface area contributed by atoms with Crippen LogP contribution in [0.25, 0.3) is 0 Å². The van der Waals surface area contributed by atoms with Gasteiger partial charge in [0.15, 0.2) is 0 Å². The van der Waals surface area contributed by atoms with E-state index < -0.39 is 27.1 Å². The van der Waals surface area contributed by atoms with E-state index in [-0.39, 0.29) is 12.5 Å². The SMILES string of the molecule is CCOC(=O)C1(C(=O)OC(Cl)(Cl)CCl)Sc2ccc(Cl)c3c2C1CNCC3. The van der Waals surface area contributed by atoms with E-state index in [2.05, 4.69) is 5.32 Å². The van der Waals surface area contributed by atoms with Gasteiger partial charge in [0.2, 0.25) is 4.75 Å². The van der Waals surface area contributed by atoms with Crippen LogP contribution in [0.3, 0.4) is 0 Å². The van der Waals surface area contributed by atoms with Crippen molar-refractivity contribution >= 4 is 70.1 Å². The first-order valence-corrected chi connectivity index (χ1v) is 10.8. The van der Waals surface area contributed by atoms with Gasteiger partial charge in [0, 0.05) is 22.4 Å². The van der Waals surface area contributed by atoms with E-state index in [0.29, 0.717) is 24.5 Å². The van der Waals surface area contributed by atoms with Gasteiger partial charge in [-0.3, -0.25) is 0 Å². The van der Waals surface area contributed by atoms with E-state index in [0.717, 1.165) is 27.8 Å². The summed E-state index contributed by atoms with van der Waals surface area (Å²) in [5.41, 5.74) is 1.78. The molecular weight excluding hydrogens is 456 g/mol. The lowest BCUT2D eigenvalue weighted by molar-refractivity contribution is -0.161. The van der Waals surface area contributed by atoms with Crippen LogP contribution in [0.15, 0.2) is 17.0 Å². The van der Waals surface area contributed by atoms with E-state index >= 15 is 0 Å². The largest absolute Gasteiger partial charge is 0.464 e. The number of carbonyl (C=O) groups is 2. The summed E-state index contributed by atoms with van der Waals surface area (Å²) >= 11 is 25.0. The molecule has 2 aliphatic rings. The number of hydrogen-bond donors (Lipinski definition) is 1. The lowest BCUT2D eigenvalue weighted by Crippen LogP contribution is -2.52. The Morgan fingerprint density at radius 2 is 2.11 bits per heavy atom. The van der Waals surface area contributed by atoms with E-state index in [4.69, 9.17) is 55.9 Å². The molecule has 2 heterocycles. The number of rotatable bonds is 5. The number of benzene rings is 1. The molecule has 0 radical (unpaired) electrons. The molecule has 3 rings (SSSR count). The highest BCUT2D eigenvalue weighted by Gasteiger charge is 2.62. The highest BCUT2D eigenvalue weighted by atomic mass is 35.5. The molecule has 0 spiro atoms. The normalized spacial score (nSPS) is 24.1. The number of thioether (sulfide) groups is 1. The maximum atomic E-state index is 13.2. The second kappa shape index (κ2) is 8.17. The summed E-state index contributed by atoms with van der Waals surface area (Å²) in [6.45, 7) is 2.83. The predicted octanol–water partition coefficient (Wildman–Crippen LogP) is 3.89. The van der Waals surface area contributed by atoms with Crippen molar-refractivity contribution in [2.45, 2.75) is 33.4 Å². The average molecular weight is 473 g/mol. The molecule has 27 heavy (non-hydrogen) atoms. The molecule has 0 bridgehead atoms. The summed E-state index contributed by atoms with van der Waals surface area (Å²) in [6, 6.07) is 3.57. The maximum absolute atomic E-state index is 13.2. The van der Waals surface area contributed by atoms with Crippen LogP contribution >= 0.6 is 58.2 Å². The number of alkyl halides is 3. The monoisotopic (exact) mass is 471 g/mol. The first kappa shape index (κ1) is 21.3. The Morgan fingerprint density at radius 3 is 2.78 bits per heavy atom. The molecule has 10 heteroatoms. The van der Waals surface area contributed by atoms with Crippen molar-refractivity contribution in [1.29, 1.82) is 0 Å². The van der Waals surface area contributed by atoms with Gasteiger partial charge in [0.05, 0.1) is 12.5 Å². The Bertz CT molecular complexity index is 776. The lowest BCUT2D eigenvalue weighted by Gasteiger charge is -2.32. The highest BCUT2D eigenvalue weighted by Crippen LogP contribution is 2.57. The van der Waals surface area contributed by atoms with Gasteiger partial charge in [-0.25, -0.2) is 9.59 Å². The van der Waals surface area contributed by atoms with Crippen LogP contribution < -0.4 is 5.32 Å². The highest BCUT2D eigenvalue weighted by molar-refractivity contribution is 8.02. The second-order valence-electron chi connectivity index (χ2n) is 6.16. The standard InChI is InChI=1S/C17H17Cl4NO4S/c1-2-25-14(23)17(15(24)26-16(20,21)8-18)10-7-22-6-5-9-11(19)3-4-12(27-17)13(9)10/h3-4,10,22H,2,5-8H2,1H3. The van der Waals surface area contributed by atoms with Crippen molar-refractivity contribution in [3.8, 4) is 0 Å². The molecule has 0 amide bonds. The molecular formula is C17H17Cl4NO4S. The fraction of sp³-hybridized carbons (Fsp3) is 0.529. The third-order valence-electron chi connectivity index (χ3n) is 4.55. The Kier molecular flexibility index (Phi) is 6.46. The lowest BCUT2D eigenvalue weighted by atomic mass is 9.83. The van der Waals surface area contributed by atoms with Gasteiger partial charge in [0.1, 0.15) is 0 Å². The molecule has 5 nitrogen and oxygen atoms in total. The molecule has 2 atom stereocenters. The molecule has 0 saturated carbocycles. The first-order valence-electron chi connectivity index (χ1n) is 8.32. The fourth-order valence-corrected chi connectivity index (χ4v) is 5.35. The van der Waals surface area contributed by atoms with E-state index in [1.54, 1.807) is 19.1 Å². The molecule has 0 saturated heterocycles. The third-order valence-corrected chi connectivity index (χ3v) is 7.49. The van der Waals surface area contributed by atoms with Gasteiger partial charge < -0.3 is 14.8 Å². The van der Waals surface area contributed by atoms with E-state index in [1.807, 2.05) is 0 Å². The van der Waals surface area contributed by atoms with Crippen molar-refractivity contribution in [2.75, 3.05) is 25.6 Å². The minimum Gasteiger partial charge on any atom is -0.464 e. The minimum atomic E-state index is -1.95. The number of hydrogen-bond acceptors (Lipinski definition) is 6. The van der Waals surface area contributed by atoms with Crippen LogP contribution in [0.4, 0.5) is 0 Å². The molecule has 1 aromatic rings. The molecule has 2 aliphatic heterocycles. The topological polar surface area (TPSA) is 64.6 Å². The van der Waals surface area contributed by atoms with Gasteiger partial charge in [-0.05, 0) is 43.1 Å². The van der Waals surface area contributed by atoms with Crippen molar-refractivity contribution in [1.82, 2.24) is 5.32 Å². The van der Waals surface area contributed by atoms with Crippen LogP contribution in [-0.2, 0) is 25.5 Å². The summed E-state index contributed by atoms with van der Waals surface area (Å²) in [6.07, 6.45) is 0.684. The Labute approximate surface area is 181 Å². The van der Waals surface area contributed by atoms with Crippen LogP contribution in [0, 0.1) is 0 Å². The fourth-order valence-electron chi connectivity index (χ4n) is 3.42. The summed E-state index contributed by atoms with van der Waals surface area (Å²) in [4.78, 5) is 27.0. The van der Waals surface area contributed by atoms with Crippen molar-refractivity contribution in [3.63, 3.8) is 0 Å². The number of ether oxygens (including phenoxy) is 2. The molecule has 148 valence electrons. The average Bonchev–Trinajstić information content (AvgIpc) is 2.79. The molecule has 0 fully saturated rings. The van der Waals surface area contributed by atoms with Crippen LogP contribution in [0.5, 0.6) is 0 Å². The zero-order chi connectivity index (χ0) is 19.8. The molecule has 1 N–H and O–H groups in total. The Balaban J connectivity index is 2.13. The van der Waals surface area contributed by atoms with Gasteiger partial charge in [-0.1, -0.05) is 46.6 Å². The van der Waals surface area contributed by atoms with Crippen molar-refractivity contribution in [2.24, 2.45) is 0 Å². The molecule has 0 aromatic heterocycles. The third kappa shape index (κ3) is 3.77. The van der Waals surface area contributed by atoms with Crippen LogP contribution in [0.2, 0.25) is 5.02 Å². The van der Waals surface area contributed by atoms with Gasteiger partial charge in [0.25, 0.3) is 4.52 Å². The van der Waals surface area contributed by atoms with Gasteiger partial charge in [-0.15, -0.1) is 11.6 Å². The van der Waals surface area contributed by atoms with E-state index in [9.17, 15) is 9.59 Å². The number of esters is 2. The predicted molar refractivity (Wildman–Crippen MR) is 107 cm³/mol. The van der Waals surface area contributed by atoms with Crippen LogP contribution in [-0.4, -0.2) is 46.8 Å². The maximum Gasteiger partial charge on any atom is 0.337 e. The molecule has 2 unspecified atom stereocenters. The van der Waals surface area contributed by atoms with Crippen molar-refractivity contribution in [3.05, 3.63) is 28.3 Å². The number of halogens is 4. The first-order chi connectivity index (χ1) is 12.8. The number of nitrogens with one attached hydrogen (secondary N) is 1. The number of carbonyl (C=O) groups excluding carboxylic acids is 2. The summed E-state index contributed by atoms with van der Waals surface area (Å²) in [7, 11) is 0. The summed E-state index contributed by atoms with van der Waals surface area (Å²) in [5, 5.41) is 3.86. The summed E-state index contributed by atoms with van der Waals surface area (Å²) in [5.74, 6) is -2.48. The second-order valence-corrected chi connectivity index (χ2v) is 9.54. The minimum absolute atomic E-state index is 0.112. The van der Waals surface area contributed by atoms with Gasteiger partial charge in [-0.2, -0.15) is 0 Å². The quantitative estimate of drug-likeness (QED) is 0.398. The molecule has 0 aliphatic carbocycles. The Hall–Kier alpha value is -0.370. The summed E-state index contributed by atoms with van der Waals surface area (Å²) < 4.78 is 6.84. The zero-order valence-corrected chi connectivity index (χ0v) is 18.2. The Morgan fingerprint density at radius 1 is 1.37 bits per heavy atom. The molecule has 1 aromatic carbocycles. The zero-order valence-electron chi connectivity index (χ0n) is 14.3. The smallest absolute Gasteiger partial charge is 0.337 e. The van der Waals surface area contributed by atoms with Crippen LogP contribution in [0.1, 0.15) is 24.0 Å². The van der Waals surface area contributed by atoms with Crippen molar-refractivity contribution < 1.29 is 19.1 Å². The van der Waals surface area contributed by atoms with E-state index in [1.165, 1.54) is 0 Å². The van der Waals surface area contributed by atoms with Gasteiger partial charge >= 0.3 is 11.9 Å².